The second kappa shape index (κ2) is 7.23. The number of rotatable bonds is 2. The van der Waals surface area contributed by atoms with Gasteiger partial charge in [-0.3, -0.25) is 4.79 Å². The third-order valence-corrected chi connectivity index (χ3v) is 6.67. The summed E-state index contributed by atoms with van der Waals surface area (Å²) >= 11 is 1.74. The first-order chi connectivity index (χ1) is 12.6. The largest absolute Gasteiger partial charge is 0.351 e. The van der Waals surface area contributed by atoms with E-state index >= 15 is 0 Å². The number of nitrogens with two attached hydrogens (primary N) is 1. The Morgan fingerprint density at radius 3 is 2.65 bits per heavy atom. The summed E-state index contributed by atoms with van der Waals surface area (Å²) in [7, 11) is 0. The van der Waals surface area contributed by atoms with Gasteiger partial charge in [-0.2, -0.15) is 0 Å². The maximum Gasteiger partial charge on any atom is 0.314 e. The van der Waals surface area contributed by atoms with Gasteiger partial charge in [0.15, 0.2) is 0 Å². The van der Waals surface area contributed by atoms with Crippen LogP contribution in [0.4, 0.5) is 4.79 Å². The fraction of sp³-hybridized carbons (Fsp3) is 0.526. The molecule has 138 valence electrons. The topological polar surface area (TPSA) is 79.5 Å². The molecule has 0 unspecified atom stereocenters. The second-order valence-corrected chi connectivity index (χ2v) is 8.33. The van der Waals surface area contributed by atoms with E-state index in [1.807, 2.05) is 23.1 Å². The van der Waals surface area contributed by atoms with Crippen molar-refractivity contribution in [3.05, 3.63) is 29.3 Å². The maximum atomic E-state index is 13.0. The van der Waals surface area contributed by atoms with E-state index in [2.05, 4.69) is 6.07 Å². The highest BCUT2D eigenvalue weighted by Crippen LogP contribution is 2.33. The molecule has 3 heterocycles. The lowest BCUT2D eigenvalue weighted by Crippen LogP contribution is -2.50. The zero-order valence-electron chi connectivity index (χ0n) is 14.8. The molecule has 0 radical (unpaired) electrons. The molecular weight excluding hydrogens is 348 g/mol. The van der Waals surface area contributed by atoms with Gasteiger partial charge in [-0.25, -0.2) is 9.78 Å². The average Bonchev–Trinajstić information content (AvgIpc) is 3.12. The summed E-state index contributed by atoms with van der Waals surface area (Å²) in [6.07, 6.45) is 3.75. The zero-order valence-corrected chi connectivity index (χ0v) is 15.6. The summed E-state index contributed by atoms with van der Waals surface area (Å²) in [6, 6.07) is 7.77. The lowest BCUT2D eigenvalue weighted by Gasteiger charge is -2.37. The van der Waals surface area contributed by atoms with Crippen molar-refractivity contribution in [3.8, 4) is 0 Å². The number of primary amides is 1. The van der Waals surface area contributed by atoms with Crippen molar-refractivity contribution in [1.82, 2.24) is 14.8 Å². The second-order valence-electron chi connectivity index (χ2n) is 7.27. The van der Waals surface area contributed by atoms with E-state index in [4.69, 9.17) is 10.7 Å². The Morgan fingerprint density at radius 1 is 1.08 bits per heavy atom. The van der Waals surface area contributed by atoms with Crippen molar-refractivity contribution in [2.75, 3.05) is 26.2 Å². The van der Waals surface area contributed by atoms with Gasteiger partial charge in [0.25, 0.3) is 0 Å². The molecule has 0 bridgehead atoms. The van der Waals surface area contributed by atoms with Crippen molar-refractivity contribution < 1.29 is 9.59 Å². The third kappa shape index (κ3) is 3.40. The van der Waals surface area contributed by atoms with E-state index in [0.29, 0.717) is 19.0 Å². The molecule has 1 aromatic heterocycles. The molecule has 0 aliphatic carbocycles. The number of hydrogen-bond donors (Lipinski definition) is 1. The van der Waals surface area contributed by atoms with Crippen LogP contribution in [0.1, 0.15) is 36.6 Å². The Labute approximate surface area is 157 Å². The van der Waals surface area contributed by atoms with Crippen molar-refractivity contribution in [2.24, 2.45) is 11.7 Å². The molecule has 4 rings (SSSR count). The summed E-state index contributed by atoms with van der Waals surface area (Å²) in [5.74, 6) is 0.355. The van der Waals surface area contributed by atoms with Crippen molar-refractivity contribution in [1.29, 1.82) is 0 Å². The molecule has 2 aliphatic heterocycles. The summed E-state index contributed by atoms with van der Waals surface area (Å²) in [4.78, 5) is 32.8. The van der Waals surface area contributed by atoms with Gasteiger partial charge < -0.3 is 15.5 Å². The lowest BCUT2D eigenvalue weighted by atomic mass is 9.93. The summed E-state index contributed by atoms with van der Waals surface area (Å²) in [6.45, 7) is 2.64. The van der Waals surface area contributed by atoms with Crippen LogP contribution in [0.3, 0.4) is 0 Å². The van der Waals surface area contributed by atoms with Gasteiger partial charge in [-0.15, -0.1) is 11.3 Å². The number of hydrogen-bond acceptors (Lipinski definition) is 4. The van der Waals surface area contributed by atoms with Crippen LogP contribution in [-0.2, 0) is 4.79 Å². The minimum absolute atomic E-state index is 0.120. The summed E-state index contributed by atoms with van der Waals surface area (Å²) < 4.78 is 1.20. The molecule has 2 saturated heterocycles. The number of carbonyl (C=O) groups excluding carboxylic acids is 2. The van der Waals surface area contributed by atoms with Crippen LogP contribution >= 0.6 is 11.3 Å². The van der Waals surface area contributed by atoms with E-state index in [1.165, 1.54) is 4.70 Å². The van der Waals surface area contributed by atoms with Crippen LogP contribution in [0.25, 0.3) is 10.2 Å². The molecule has 2 fully saturated rings. The number of nitrogens with zero attached hydrogens (tertiary/aromatic N) is 3. The fourth-order valence-electron chi connectivity index (χ4n) is 4.08. The minimum Gasteiger partial charge on any atom is -0.351 e. The predicted molar refractivity (Wildman–Crippen MR) is 102 cm³/mol. The number of benzene rings is 1. The monoisotopic (exact) mass is 372 g/mol. The maximum absolute atomic E-state index is 13.0. The van der Waals surface area contributed by atoms with E-state index in [0.717, 1.165) is 49.3 Å². The van der Waals surface area contributed by atoms with Crippen LogP contribution in [0.5, 0.6) is 0 Å². The molecule has 2 N–H and O–H groups in total. The molecule has 3 amide bonds. The first kappa shape index (κ1) is 17.3. The number of fused-ring (bicyclic) bond motifs is 1. The first-order valence-corrected chi connectivity index (χ1v) is 10.1. The van der Waals surface area contributed by atoms with E-state index < -0.39 is 6.03 Å². The smallest absolute Gasteiger partial charge is 0.314 e. The third-order valence-electron chi connectivity index (χ3n) is 5.48. The molecule has 7 heteroatoms. The van der Waals surface area contributed by atoms with Crippen LogP contribution < -0.4 is 5.73 Å². The Bertz CT molecular complexity index is 788. The summed E-state index contributed by atoms with van der Waals surface area (Å²) in [5.41, 5.74) is 6.44. The zero-order chi connectivity index (χ0) is 18.1. The normalized spacial score (nSPS) is 24.0. The molecule has 0 saturated carbocycles. The summed E-state index contributed by atoms with van der Waals surface area (Å²) in [5, 5.41) is 1.13. The highest BCUT2D eigenvalue weighted by atomic mass is 32.1. The van der Waals surface area contributed by atoms with Crippen LogP contribution in [0.2, 0.25) is 0 Å². The SMILES string of the molecule is NC(=O)N1CCC[C@H](C(=O)N2CCC[C@@H](c3nc4ccccc4s3)C2)C1. The van der Waals surface area contributed by atoms with Crippen LogP contribution in [-0.4, -0.2) is 52.9 Å². The Hall–Kier alpha value is -2.15. The Morgan fingerprint density at radius 2 is 1.85 bits per heavy atom. The number of carbonyl (C=O) groups is 2. The number of aromatic nitrogens is 1. The highest BCUT2D eigenvalue weighted by Gasteiger charge is 2.33. The van der Waals surface area contributed by atoms with Gasteiger partial charge in [-0.1, -0.05) is 12.1 Å². The highest BCUT2D eigenvalue weighted by molar-refractivity contribution is 7.18. The van der Waals surface area contributed by atoms with E-state index in [9.17, 15) is 9.59 Å². The molecule has 0 spiro atoms. The molecule has 6 nitrogen and oxygen atoms in total. The molecule has 1 aromatic carbocycles. The van der Waals surface area contributed by atoms with Gasteiger partial charge in [0.1, 0.15) is 0 Å². The number of para-hydroxylation sites is 1. The van der Waals surface area contributed by atoms with Crippen molar-refractivity contribution >= 4 is 33.5 Å². The quantitative estimate of drug-likeness (QED) is 0.880. The molecular formula is C19H24N4O2S. The van der Waals surface area contributed by atoms with Gasteiger partial charge in [0.05, 0.1) is 21.1 Å². The van der Waals surface area contributed by atoms with Gasteiger partial charge in [0, 0.05) is 32.1 Å². The fourth-order valence-corrected chi connectivity index (χ4v) is 5.17. The van der Waals surface area contributed by atoms with E-state index in [-0.39, 0.29) is 11.8 Å². The molecule has 2 aliphatic rings. The Balaban J connectivity index is 1.46. The van der Waals surface area contributed by atoms with Gasteiger partial charge >= 0.3 is 6.03 Å². The standard InChI is InChI=1S/C19H24N4O2S/c20-19(25)23-10-4-6-14(12-23)18(24)22-9-3-5-13(11-22)17-21-15-7-1-2-8-16(15)26-17/h1-2,7-8,13-14H,3-6,9-12H2,(H2,20,25)/t13-,14+/m1/s1. The first-order valence-electron chi connectivity index (χ1n) is 9.30. The van der Waals surface area contributed by atoms with Crippen LogP contribution in [0, 0.1) is 5.92 Å². The minimum atomic E-state index is -0.423. The van der Waals surface area contributed by atoms with Gasteiger partial charge in [-0.05, 0) is 37.8 Å². The number of urea groups is 1. The number of likely N-dealkylation sites (tertiary alicyclic amines) is 2. The molecule has 2 aromatic rings. The van der Waals surface area contributed by atoms with Crippen molar-refractivity contribution in [3.63, 3.8) is 0 Å². The average molecular weight is 372 g/mol. The number of piperidine rings is 2. The molecule has 26 heavy (non-hydrogen) atoms. The Kier molecular flexibility index (Phi) is 4.80. The lowest BCUT2D eigenvalue weighted by molar-refractivity contribution is -0.138. The predicted octanol–water partition coefficient (Wildman–Crippen LogP) is 2.79. The molecule has 2 atom stereocenters. The van der Waals surface area contributed by atoms with E-state index in [1.54, 1.807) is 16.2 Å². The van der Waals surface area contributed by atoms with Crippen molar-refractivity contribution in [2.45, 2.75) is 31.6 Å². The van der Waals surface area contributed by atoms with Crippen LogP contribution in [0.15, 0.2) is 24.3 Å². The number of amides is 3. The van der Waals surface area contributed by atoms with Gasteiger partial charge in [0.2, 0.25) is 5.91 Å². The number of thiazole rings is 1.